The number of benzene rings is 2. The van der Waals surface area contributed by atoms with Gasteiger partial charge in [0.15, 0.2) is 0 Å². The second-order valence-electron chi connectivity index (χ2n) is 8.41. The minimum atomic E-state index is -2.88. The maximum absolute atomic E-state index is 14.6. The molecule has 2 aromatic carbocycles. The van der Waals surface area contributed by atoms with Crippen molar-refractivity contribution in [1.29, 1.82) is 0 Å². The molecule has 0 bridgehead atoms. The molecule has 0 aliphatic heterocycles. The molecular formula is C24H23F3N6O. The zero-order valence-electron chi connectivity index (χ0n) is 18.3. The molecule has 2 heterocycles. The largest absolute Gasteiger partial charge is 0.415 e. The fraction of sp³-hybridized carbons (Fsp3) is 0.333. The second kappa shape index (κ2) is 9.76. The fourth-order valence-electron chi connectivity index (χ4n) is 4.12. The van der Waals surface area contributed by atoms with Crippen LogP contribution in [0.5, 0.6) is 0 Å². The Kier molecular flexibility index (Phi) is 6.39. The number of hydrogen-bond acceptors (Lipinski definition) is 6. The van der Waals surface area contributed by atoms with Crippen LogP contribution in [0.25, 0.3) is 22.7 Å². The third-order valence-corrected chi connectivity index (χ3v) is 6.00. The first-order chi connectivity index (χ1) is 16.5. The summed E-state index contributed by atoms with van der Waals surface area (Å²) in [5, 5.41) is 18.7. The highest BCUT2D eigenvalue weighted by molar-refractivity contribution is 5.58. The summed E-state index contributed by atoms with van der Waals surface area (Å²) in [7, 11) is 0. The van der Waals surface area contributed by atoms with Gasteiger partial charge in [-0.3, -0.25) is 0 Å². The molecule has 10 heteroatoms. The average molecular weight is 468 g/mol. The number of nitrogens with zero attached hydrogens (tertiary/aromatic N) is 5. The van der Waals surface area contributed by atoms with E-state index in [4.69, 9.17) is 4.42 Å². The van der Waals surface area contributed by atoms with Crippen molar-refractivity contribution in [3.8, 4) is 22.7 Å². The summed E-state index contributed by atoms with van der Waals surface area (Å²) >= 11 is 0. The lowest BCUT2D eigenvalue weighted by atomic mass is 10.1. The third kappa shape index (κ3) is 5.01. The Balaban J connectivity index is 1.23. The molecule has 0 spiro atoms. The van der Waals surface area contributed by atoms with E-state index in [9.17, 15) is 13.2 Å². The van der Waals surface area contributed by atoms with Crippen LogP contribution in [0.15, 0.2) is 53.1 Å². The molecule has 1 fully saturated rings. The lowest BCUT2D eigenvalue weighted by Gasteiger charge is -2.11. The van der Waals surface area contributed by atoms with Gasteiger partial charge >= 0.3 is 6.43 Å². The molecule has 1 aliphatic rings. The zero-order chi connectivity index (χ0) is 23.5. The lowest BCUT2D eigenvalue weighted by molar-refractivity contribution is 0.116. The first-order valence-electron chi connectivity index (χ1n) is 11.2. The molecule has 4 aromatic rings. The molecule has 0 amide bonds. The van der Waals surface area contributed by atoms with Crippen LogP contribution in [0.2, 0.25) is 0 Å². The van der Waals surface area contributed by atoms with Crippen molar-refractivity contribution < 1.29 is 17.6 Å². The van der Waals surface area contributed by atoms with E-state index in [0.717, 1.165) is 12.1 Å². The molecule has 1 aliphatic carbocycles. The smallest absolute Gasteiger partial charge is 0.314 e. The molecule has 0 atom stereocenters. The van der Waals surface area contributed by atoms with Gasteiger partial charge in [-0.25, -0.2) is 9.07 Å². The van der Waals surface area contributed by atoms with Crippen molar-refractivity contribution in [2.24, 2.45) is 0 Å². The Morgan fingerprint density at radius 2 is 1.76 bits per heavy atom. The maximum atomic E-state index is 14.6. The monoisotopic (exact) mass is 468 g/mol. The van der Waals surface area contributed by atoms with Gasteiger partial charge in [0.2, 0.25) is 5.89 Å². The van der Waals surface area contributed by atoms with Gasteiger partial charge in [-0.2, -0.15) is 8.78 Å². The zero-order valence-corrected chi connectivity index (χ0v) is 18.3. The quantitative estimate of drug-likeness (QED) is 0.385. The van der Waals surface area contributed by atoms with Crippen LogP contribution in [0, 0.1) is 5.82 Å². The van der Waals surface area contributed by atoms with Gasteiger partial charge in [-0.15, -0.1) is 15.3 Å². The maximum Gasteiger partial charge on any atom is 0.314 e. The highest BCUT2D eigenvalue weighted by Crippen LogP contribution is 2.25. The SMILES string of the molecule is Fc1cc(-c2nnc(C(F)F)o2)ccc1Cn1cc(-c2ccc(CNC3CCCC3)cc2)nn1. The normalized spacial score (nSPS) is 14.4. The molecule has 0 saturated heterocycles. The highest BCUT2D eigenvalue weighted by Gasteiger charge is 2.18. The Hall–Kier alpha value is -3.53. The predicted molar refractivity (Wildman–Crippen MR) is 118 cm³/mol. The van der Waals surface area contributed by atoms with Crippen LogP contribution in [0.1, 0.15) is 49.1 Å². The van der Waals surface area contributed by atoms with Crippen molar-refractivity contribution in [3.05, 3.63) is 71.5 Å². The molecule has 34 heavy (non-hydrogen) atoms. The van der Waals surface area contributed by atoms with E-state index in [1.54, 1.807) is 10.9 Å². The third-order valence-electron chi connectivity index (χ3n) is 6.00. The van der Waals surface area contributed by atoms with Gasteiger partial charge < -0.3 is 9.73 Å². The van der Waals surface area contributed by atoms with Crippen LogP contribution < -0.4 is 5.32 Å². The minimum Gasteiger partial charge on any atom is -0.415 e. The van der Waals surface area contributed by atoms with Crippen LogP contribution in [0.4, 0.5) is 13.2 Å². The number of nitrogens with one attached hydrogen (secondary N) is 1. The van der Waals surface area contributed by atoms with Gasteiger partial charge in [0.05, 0.1) is 12.7 Å². The van der Waals surface area contributed by atoms with Crippen LogP contribution in [0.3, 0.4) is 0 Å². The minimum absolute atomic E-state index is 0.161. The van der Waals surface area contributed by atoms with Crippen molar-refractivity contribution in [3.63, 3.8) is 0 Å². The van der Waals surface area contributed by atoms with Crippen molar-refractivity contribution in [1.82, 2.24) is 30.5 Å². The summed E-state index contributed by atoms with van der Waals surface area (Å²) in [5.74, 6) is -1.50. The summed E-state index contributed by atoms with van der Waals surface area (Å²) in [6.07, 6.45) is 3.99. The van der Waals surface area contributed by atoms with E-state index in [-0.39, 0.29) is 18.0 Å². The number of aromatic nitrogens is 5. The first-order valence-corrected chi connectivity index (χ1v) is 11.2. The van der Waals surface area contributed by atoms with E-state index in [2.05, 4.69) is 38.0 Å². The highest BCUT2D eigenvalue weighted by atomic mass is 19.3. The van der Waals surface area contributed by atoms with Gasteiger partial charge in [0.1, 0.15) is 11.5 Å². The first kappa shape index (κ1) is 22.3. The van der Waals surface area contributed by atoms with E-state index < -0.39 is 18.1 Å². The number of halogens is 3. The van der Waals surface area contributed by atoms with E-state index in [1.807, 2.05) is 12.1 Å². The number of rotatable bonds is 8. The molecule has 0 unspecified atom stereocenters. The van der Waals surface area contributed by atoms with Crippen molar-refractivity contribution in [2.45, 2.75) is 51.2 Å². The molecule has 5 rings (SSSR count). The molecule has 1 saturated carbocycles. The van der Waals surface area contributed by atoms with Crippen LogP contribution in [-0.2, 0) is 13.1 Å². The average Bonchev–Trinajstić information content (AvgIpc) is 3.61. The Morgan fingerprint density at radius 1 is 1.00 bits per heavy atom. The van der Waals surface area contributed by atoms with Crippen molar-refractivity contribution >= 4 is 0 Å². The van der Waals surface area contributed by atoms with Gasteiger partial charge in [-0.1, -0.05) is 48.4 Å². The number of alkyl halides is 2. The van der Waals surface area contributed by atoms with Crippen LogP contribution >= 0.6 is 0 Å². The molecular weight excluding hydrogens is 445 g/mol. The van der Waals surface area contributed by atoms with E-state index in [1.165, 1.54) is 49.4 Å². The Labute approximate surface area is 194 Å². The molecule has 0 radical (unpaired) electrons. The standard InChI is InChI=1S/C24H23F3N6O/c25-20-11-17(23-30-31-24(34-23)22(26)27)9-10-18(20)13-33-14-21(29-32-33)16-7-5-15(6-8-16)12-28-19-3-1-2-4-19/h5-11,14,19,22,28H,1-4,12-13H2. The van der Waals surface area contributed by atoms with Crippen LogP contribution in [-0.4, -0.2) is 31.2 Å². The molecule has 176 valence electrons. The topological polar surface area (TPSA) is 81.7 Å². The van der Waals surface area contributed by atoms with E-state index in [0.29, 0.717) is 17.3 Å². The summed E-state index contributed by atoms with van der Waals surface area (Å²) in [4.78, 5) is 0. The van der Waals surface area contributed by atoms with Gasteiger partial charge in [0.25, 0.3) is 5.89 Å². The Morgan fingerprint density at radius 3 is 2.47 bits per heavy atom. The molecule has 2 aromatic heterocycles. The molecule has 7 nitrogen and oxygen atoms in total. The second-order valence-corrected chi connectivity index (χ2v) is 8.41. The van der Waals surface area contributed by atoms with Crippen molar-refractivity contribution in [2.75, 3.05) is 0 Å². The van der Waals surface area contributed by atoms with Gasteiger partial charge in [0, 0.05) is 29.3 Å². The molecule has 1 N–H and O–H groups in total. The summed E-state index contributed by atoms with van der Waals surface area (Å²) in [6, 6.07) is 13.0. The number of hydrogen-bond donors (Lipinski definition) is 1. The Bertz CT molecular complexity index is 1250. The fourth-order valence-corrected chi connectivity index (χ4v) is 4.12. The van der Waals surface area contributed by atoms with Gasteiger partial charge in [-0.05, 0) is 30.5 Å². The summed E-state index contributed by atoms with van der Waals surface area (Å²) < 4.78 is 46.3. The summed E-state index contributed by atoms with van der Waals surface area (Å²) in [5.41, 5.74) is 3.42. The predicted octanol–water partition coefficient (Wildman–Crippen LogP) is 5.15. The summed E-state index contributed by atoms with van der Waals surface area (Å²) in [6.45, 7) is 1.01. The van der Waals surface area contributed by atoms with E-state index >= 15 is 0 Å². The lowest BCUT2D eigenvalue weighted by Crippen LogP contribution is -2.25.